The molecule has 3 fully saturated rings. The first-order valence-electron chi connectivity index (χ1n) is 12.8. The maximum Gasteiger partial charge on any atom is 0.264 e. The molecule has 2 N–H and O–H groups in total. The normalized spacial score (nSPS) is 19.7. The molecule has 0 spiro atoms. The fraction of sp³-hybridized carbons (Fsp3) is 0.423. The molecule has 0 radical (unpaired) electrons. The number of anilines is 1. The van der Waals surface area contributed by atoms with Crippen LogP contribution in [0.5, 0.6) is 0 Å². The summed E-state index contributed by atoms with van der Waals surface area (Å²) in [6.07, 6.45) is 6.72. The number of rotatable bonds is 7. The van der Waals surface area contributed by atoms with Crippen molar-refractivity contribution >= 4 is 46.6 Å². The fourth-order valence-electron chi connectivity index (χ4n) is 4.79. The number of imide groups is 1. The lowest BCUT2D eigenvalue weighted by Gasteiger charge is -2.34. The van der Waals surface area contributed by atoms with Gasteiger partial charge in [0.2, 0.25) is 5.91 Å². The van der Waals surface area contributed by atoms with Crippen LogP contribution in [0, 0.1) is 0 Å². The van der Waals surface area contributed by atoms with E-state index >= 15 is 0 Å². The third-order valence-corrected chi connectivity index (χ3v) is 8.02. The van der Waals surface area contributed by atoms with Gasteiger partial charge in [-0.15, -0.1) is 11.3 Å². The summed E-state index contributed by atoms with van der Waals surface area (Å²) in [6, 6.07) is 6.19. The number of aromatic nitrogens is 3. The summed E-state index contributed by atoms with van der Waals surface area (Å²) in [5.74, 6) is 0.192. The zero-order valence-corrected chi connectivity index (χ0v) is 21.5. The molecule has 37 heavy (non-hydrogen) atoms. The molecule has 0 aromatic carbocycles. The topological polar surface area (TPSA) is 112 Å². The van der Waals surface area contributed by atoms with E-state index in [2.05, 4.69) is 27.6 Å². The third kappa shape index (κ3) is 4.88. The molecule has 2 saturated heterocycles. The SMILES string of the molecule is CCCN1CCN(C(=O)c2ccc(-c3cc(NC4CC4)n4ncc(/C=C5\CC(=O)NC5=O)c4n3)s2)CC1. The minimum Gasteiger partial charge on any atom is -0.367 e. The zero-order valence-electron chi connectivity index (χ0n) is 20.7. The van der Waals surface area contributed by atoms with E-state index < -0.39 is 0 Å². The summed E-state index contributed by atoms with van der Waals surface area (Å²) >= 11 is 1.44. The van der Waals surface area contributed by atoms with Gasteiger partial charge in [-0.05, 0) is 44.0 Å². The van der Waals surface area contributed by atoms with Gasteiger partial charge in [0.25, 0.3) is 11.8 Å². The van der Waals surface area contributed by atoms with Crippen LogP contribution in [0.25, 0.3) is 22.3 Å². The van der Waals surface area contributed by atoms with Crippen LogP contribution in [0.2, 0.25) is 0 Å². The molecule has 0 unspecified atom stereocenters. The number of nitrogens with one attached hydrogen (secondary N) is 2. The van der Waals surface area contributed by atoms with Gasteiger partial charge in [0, 0.05) is 49.4 Å². The molecule has 6 rings (SSSR count). The van der Waals surface area contributed by atoms with Crippen molar-refractivity contribution in [3.8, 4) is 10.6 Å². The van der Waals surface area contributed by atoms with Crippen molar-refractivity contribution in [1.29, 1.82) is 0 Å². The lowest BCUT2D eigenvalue weighted by molar-refractivity contribution is -0.124. The van der Waals surface area contributed by atoms with Gasteiger partial charge in [-0.2, -0.15) is 9.61 Å². The summed E-state index contributed by atoms with van der Waals surface area (Å²) in [6.45, 7) is 6.57. The van der Waals surface area contributed by atoms with E-state index in [1.807, 2.05) is 23.1 Å². The summed E-state index contributed by atoms with van der Waals surface area (Å²) in [7, 11) is 0. The van der Waals surface area contributed by atoms with E-state index in [1.54, 1.807) is 16.8 Å². The molecule has 1 saturated carbocycles. The van der Waals surface area contributed by atoms with Crippen LogP contribution in [0.15, 0.2) is 30.0 Å². The highest BCUT2D eigenvalue weighted by atomic mass is 32.1. The Morgan fingerprint density at radius 2 is 2.03 bits per heavy atom. The molecule has 3 aliphatic rings. The molecule has 5 heterocycles. The van der Waals surface area contributed by atoms with Crippen LogP contribution in [0.3, 0.4) is 0 Å². The predicted molar refractivity (Wildman–Crippen MR) is 141 cm³/mol. The van der Waals surface area contributed by atoms with E-state index in [-0.39, 0.29) is 24.1 Å². The summed E-state index contributed by atoms with van der Waals surface area (Å²) in [5, 5.41) is 10.3. The Bertz CT molecular complexity index is 1410. The maximum absolute atomic E-state index is 13.2. The summed E-state index contributed by atoms with van der Waals surface area (Å²) in [4.78, 5) is 47.8. The molecule has 3 aromatic rings. The summed E-state index contributed by atoms with van der Waals surface area (Å²) in [5.41, 5.74) is 2.39. The van der Waals surface area contributed by atoms with Crippen LogP contribution in [-0.2, 0) is 9.59 Å². The number of nitrogens with zero attached hydrogens (tertiary/aromatic N) is 5. The van der Waals surface area contributed by atoms with E-state index in [0.717, 1.165) is 68.4 Å². The second-order valence-electron chi connectivity index (χ2n) is 9.80. The molecule has 0 atom stereocenters. The smallest absolute Gasteiger partial charge is 0.264 e. The number of hydrogen-bond acceptors (Lipinski definition) is 8. The Morgan fingerprint density at radius 1 is 1.22 bits per heavy atom. The van der Waals surface area contributed by atoms with E-state index in [9.17, 15) is 14.4 Å². The quantitative estimate of drug-likeness (QED) is 0.365. The van der Waals surface area contributed by atoms with Crippen molar-refractivity contribution in [2.45, 2.75) is 38.6 Å². The van der Waals surface area contributed by atoms with Gasteiger partial charge in [0.05, 0.1) is 28.1 Å². The zero-order chi connectivity index (χ0) is 25.5. The van der Waals surface area contributed by atoms with Gasteiger partial charge >= 0.3 is 0 Å². The Balaban J connectivity index is 1.30. The predicted octanol–water partition coefficient (Wildman–Crippen LogP) is 2.63. The lowest BCUT2D eigenvalue weighted by atomic mass is 10.1. The van der Waals surface area contributed by atoms with Gasteiger partial charge < -0.3 is 10.2 Å². The highest BCUT2D eigenvalue weighted by molar-refractivity contribution is 7.17. The molecule has 3 amide bonds. The Morgan fingerprint density at radius 3 is 2.73 bits per heavy atom. The van der Waals surface area contributed by atoms with Crippen LogP contribution < -0.4 is 10.6 Å². The van der Waals surface area contributed by atoms with E-state index in [1.165, 1.54) is 11.3 Å². The van der Waals surface area contributed by atoms with Gasteiger partial charge in [-0.25, -0.2) is 4.98 Å². The van der Waals surface area contributed by atoms with E-state index in [4.69, 9.17) is 4.98 Å². The number of thiophene rings is 1. The second kappa shape index (κ2) is 9.71. The Kier molecular flexibility index (Phi) is 6.25. The number of piperazine rings is 1. The fourth-order valence-corrected chi connectivity index (χ4v) is 5.73. The monoisotopic (exact) mass is 519 g/mol. The standard InChI is InChI=1S/C26H29N7O3S/c1-2-7-31-8-10-32(11-9-31)26(36)21-6-5-20(37-21)19-14-22(28-18-3-4-18)33-24(29-19)17(15-27-33)12-16-13-23(34)30-25(16)35/h5-6,12,14-15,18,28H,2-4,7-11,13H2,1H3,(H,30,34,35)/b16-12+. The average Bonchev–Trinajstić information content (AvgIpc) is 3.26. The van der Waals surface area contributed by atoms with Gasteiger partial charge in [0.15, 0.2) is 5.65 Å². The second-order valence-corrected chi connectivity index (χ2v) is 10.9. The van der Waals surface area contributed by atoms with Gasteiger partial charge in [-0.3, -0.25) is 24.6 Å². The highest BCUT2D eigenvalue weighted by Crippen LogP contribution is 2.33. The van der Waals surface area contributed by atoms with E-state index in [0.29, 0.717) is 27.7 Å². The summed E-state index contributed by atoms with van der Waals surface area (Å²) < 4.78 is 1.73. The third-order valence-electron chi connectivity index (χ3n) is 6.92. The van der Waals surface area contributed by atoms with Crippen LogP contribution in [0.4, 0.5) is 5.82 Å². The molecule has 11 heteroatoms. The van der Waals surface area contributed by atoms with Gasteiger partial charge in [-0.1, -0.05) is 6.92 Å². The minimum absolute atomic E-state index is 0.0478. The largest absolute Gasteiger partial charge is 0.367 e. The number of carbonyl (C=O) groups is 3. The first-order chi connectivity index (χ1) is 18.0. The van der Waals surface area contributed by atoms with Crippen LogP contribution in [0.1, 0.15) is 47.8 Å². The number of carbonyl (C=O) groups excluding carboxylic acids is 3. The van der Waals surface area contributed by atoms with Crippen molar-refractivity contribution < 1.29 is 14.4 Å². The number of hydrogen-bond donors (Lipinski definition) is 2. The molecular formula is C26H29N7O3S. The number of amides is 3. The van der Waals surface area contributed by atoms with Crippen molar-refractivity contribution in [2.75, 3.05) is 38.0 Å². The first-order valence-corrected chi connectivity index (χ1v) is 13.6. The molecule has 10 nitrogen and oxygen atoms in total. The molecule has 0 bridgehead atoms. The maximum atomic E-state index is 13.2. The van der Waals surface area contributed by atoms with Gasteiger partial charge in [0.1, 0.15) is 5.82 Å². The molecule has 192 valence electrons. The van der Waals surface area contributed by atoms with Crippen LogP contribution >= 0.6 is 11.3 Å². The molecule has 1 aliphatic carbocycles. The molecule has 3 aromatic heterocycles. The van der Waals surface area contributed by atoms with Crippen molar-refractivity contribution in [3.63, 3.8) is 0 Å². The Labute approximate surface area is 218 Å². The van der Waals surface area contributed by atoms with Crippen molar-refractivity contribution in [2.24, 2.45) is 0 Å². The first kappa shape index (κ1) is 23.8. The van der Waals surface area contributed by atoms with Crippen LogP contribution in [-0.4, -0.2) is 80.9 Å². The Hall–Kier alpha value is -3.57. The highest BCUT2D eigenvalue weighted by Gasteiger charge is 2.27. The lowest BCUT2D eigenvalue weighted by Crippen LogP contribution is -2.48. The molecule has 2 aliphatic heterocycles. The van der Waals surface area contributed by atoms with Crippen molar-refractivity contribution in [1.82, 2.24) is 29.7 Å². The number of fused-ring (bicyclic) bond motifs is 1. The molecular weight excluding hydrogens is 490 g/mol. The average molecular weight is 520 g/mol. The minimum atomic E-state index is -0.381. The van der Waals surface area contributed by atoms with Crippen molar-refractivity contribution in [3.05, 3.63) is 40.4 Å².